The molecular formula is C19H23N3O4S. The molecule has 1 aromatic carbocycles. The van der Waals surface area contributed by atoms with Crippen LogP contribution in [0.1, 0.15) is 31.2 Å². The second-order valence-corrected chi connectivity index (χ2v) is 8.88. The third kappa shape index (κ3) is 4.64. The second-order valence-electron chi connectivity index (χ2n) is 6.86. The Hall–Kier alpha value is -2.45. The molecule has 0 unspecified atom stereocenters. The summed E-state index contributed by atoms with van der Waals surface area (Å²) in [4.78, 5) is 16.8. The van der Waals surface area contributed by atoms with Gasteiger partial charge in [0, 0.05) is 24.6 Å². The lowest BCUT2D eigenvalue weighted by atomic mass is 9.98. The van der Waals surface area contributed by atoms with E-state index in [0.29, 0.717) is 30.0 Å². The number of benzene rings is 1. The van der Waals surface area contributed by atoms with E-state index in [1.807, 2.05) is 0 Å². The number of nitrogens with one attached hydrogen (secondary N) is 1. The van der Waals surface area contributed by atoms with Gasteiger partial charge in [-0.2, -0.15) is 0 Å². The van der Waals surface area contributed by atoms with Gasteiger partial charge < -0.3 is 15.8 Å². The fraction of sp³-hybridized carbons (Fsp3) is 0.368. The number of nitrogens with zero attached hydrogens (tertiary/aromatic N) is 1. The fourth-order valence-electron chi connectivity index (χ4n) is 3.12. The highest BCUT2D eigenvalue weighted by atomic mass is 32.2. The van der Waals surface area contributed by atoms with Gasteiger partial charge in [-0.15, -0.1) is 0 Å². The summed E-state index contributed by atoms with van der Waals surface area (Å²) in [5.74, 6) is 0.491. The van der Waals surface area contributed by atoms with Gasteiger partial charge in [0.25, 0.3) is 0 Å². The van der Waals surface area contributed by atoms with Crippen molar-refractivity contribution in [3.05, 3.63) is 48.2 Å². The normalized spacial score (nSPS) is 16.1. The molecule has 144 valence electrons. The van der Waals surface area contributed by atoms with Crippen LogP contribution >= 0.6 is 0 Å². The number of sulfone groups is 1. The Bertz CT molecular complexity index is 937. The average molecular weight is 389 g/mol. The predicted octanol–water partition coefficient (Wildman–Crippen LogP) is 2.17. The van der Waals surface area contributed by atoms with Crippen LogP contribution in [0.25, 0.3) is 0 Å². The van der Waals surface area contributed by atoms with Gasteiger partial charge in [-0.25, -0.2) is 13.4 Å². The van der Waals surface area contributed by atoms with E-state index in [9.17, 15) is 13.2 Å². The maximum atomic E-state index is 12.4. The molecule has 3 N–H and O–H groups in total. The summed E-state index contributed by atoms with van der Waals surface area (Å²) in [6, 6.07) is 9.74. The summed E-state index contributed by atoms with van der Waals surface area (Å²) in [7, 11) is -3.34. The number of hydrogen-bond donors (Lipinski definition) is 2. The summed E-state index contributed by atoms with van der Waals surface area (Å²) in [5, 5.41) is 2.86. The van der Waals surface area contributed by atoms with Crippen LogP contribution < -0.4 is 15.8 Å². The number of amides is 1. The first-order valence-electron chi connectivity index (χ1n) is 8.77. The van der Waals surface area contributed by atoms with Crippen LogP contribution in [0.3, 0.4) is 0 Å². The Kier molecular flexibility index (Phi) is 5.48. The Morgan fingerprint density at radius 2 is 2.00 bits per heavy atom. The van der Waals surface area contributed by atoms with Crippen LogP contribution in [0, 0.1) is 0 Å². The van der Waals surface area contributed by atoms with Gasteiger partial charge >= 0.3 is 0 Å². The molecule has 0 spiro atoms. The van der Waals surface area contributed by atoms with Crippen LogP contribution in [0.5, 0.6) is 11.6 Å². The van der Waals surface area contributed by atoms with Crippen molar-refractivity contribution in [1.29, 1.82) is 0 Å². The molecule has 1 amide bonds. The van der Waals surface area contributed by atoms with E-state index >= 15 is 0 Å². The number of aromatic nitrogens is 1. The van der Waals surface area contributed by atoms with Crippen LogP contribution in [0.2, 0.25) is 0 Å². The number of carbonyl (C=O) groups is 1. The smallest absolute Gasteiger partial charge is 0.240 e. The van der Waals surface area contributed by atoms with Gasteiger partial charge in [0.1, 0.15) is 5.75 Å². The zero-order chi connectivity index (χ0) is 19.5. The van der Waals surface area contributed by atoms with E-state index in [2.05, 4.69) is 10.3 Å². The zero-order valence-corrected chi connectivity index (χ0v) is 16.0. The minimum Gasteiger partial charge on any atom is -0.439 e. The molecule has 7 nitrogen and oxygen atoms in total. The summed E-state index contributed by atoms with van der Waals surface area (Å²) in [6.07, 6.45) is 6.01. The van der Waals surface area contributed by atoms with E-state index in [1.165, 1.54) is 12.1 Å². The molecule has 1 aliphatic carbocycles. The first kappa shape index (κ1) is 19.3. The van der Waals surface area contributed by atoms with Crippen molar-refractivity contribution in [1.82, 2.24) is 10.3 Å². The van der Waals surface area contributed by atoms with E-state index in [4.69, 9.17) is 10.5 Å². The summed E-state index contributed by atoms with van der Waals surface area (Å²) in [5.41, 5.74) is 6.05. The molecule has 0 aliphatic heterocycles. The van der Waals surface area contributed by atoms with Crippen LogP contribution in [0.4, 0.5) is 0 Å². The number of carbonyl (C=O) groups excluding carboxylic acids is 1. The first-order chi connectivity index (χ1) is 12.8. The van der Waals surface area contributed by atoms with Gasteiger partial charge in [-0.1, -0.05) is 25.0 Å². The van der Waals surface area contributed by atoms with Crippen molar-refractivity contribution in [2.45, 2.75) is 42.7 Å². The SMILES string of the molecule is CS(=O)(=O)c1cccc(Oc2ncccc2CNC(=O)C2(N)CCCC2)c1. The van der Waals surface area contributed by atoms with Crippen molar-refractivity contribution >= 4 is 15.7 Å². The van der Waals surface area contributed by atoms with Gasteiger partial charge in [-0.05, 0) is 37.1 Å². The summed E-state index contributed by atoms with van der Waals surface area (Å²) < 4.78 is 29.2. The number of pyridine rings is 1. The van der Waals surface area contributed by atoms with Gasteiger partial charge in [0.2, 0.25) is 11.8 Å². The molecule has 8 heteroatoms. The quantitative estimate of drug-likeness (QED) is 0.783. The molecule has 0 atom stereocenters. The topological polar surface area (TPSA) is 111 Å². The average Bonchev–Trinajstić information content (AvgIpc) is 3.08. The monoisotopic (exact) mass is 389 g/mol. The Morgan fingerprint density at radius 3 is 2.70 bits per heavy atom. The lowest BCUT2D eigenvalue weighted by molar-refractivity contribution is -0.126. The fourth-order valence-corrected chi connectivity index (χ4v) is 3.77. The molecule has 0 radical (unpaired) electrons. The van der Waals surface area contributed by atoms with E-state index in [0.717, 1.165) is 19.1 Å². The number of rotatable bonds is 6. The van der Waals surface area contributed by atoms with Gasteiger partial charge in [0.05, 0.1) is 10.4 Å². The standard InChI is InChI=1S/C19H23N3O4S/c1-27(24,25)16-8-4-7-15(12-16)26-17-14(6-5-11-21-17)13-22-18(23)19(20)9-2-3-10-19/h4-8,11-12H,2-3,9-10,13,20H2,1H3,(H,22,23). The third-order valence-corrected chi connectivity index (χ3v) is 5.80. The molecule has 1 aromatic heterocycles. The van der Waals surface area contributed by atoms with Gasteiger partial charge in [-0.3, -0.25) is 4.79 Å². The minimum atomic E-state index is -3.34. The molecule has 2 aromatic rings. The maximum absolute atomic E-state index is 12.4. The lowest BCUT2D eigenvalue weighted by Gasteiger charge is -2.22. The molecule has 0 bridgehead atoms. The molecular weight excluding hydrogens is 366 g/mol. The molecule has 1 aliphatic rings. The molecule has 1 saturated carbocycles. The summed E-state index contributed by atoms with van der Waals surface area (Å²) in [6.45, 7) is 0.229. The van der Waals surface area contributed by atoms with Crippen molar-refractivity contribution in [2.24, 2.45) is 5.73 Å². The van der Waals surface area contributed by atoms with Crippen molar-refractivity contribution in [3.63, 3.8) is 0 Å². The Balaban J connectivity index is 1.74. The number of hydrogen-bond acceptors (Lipinski definition) is 6. The largest absolute Gasteiger partial charge is 0.439 e. The van der Waals surface area contributed by atoms with E-state index < -0.39 is 15.4 Å². The molecule has 1 fully saturated rings. The van der Waals surface area contributed by atoms with Crippen molar-refractivity contribution < 1.29 is 17.9 Å². The van der Waals surface area contributed by atoms with Gasteiger partial charge in [0.15, 0.2) is 9.84 Å². The van der Waals surface area contributed by atoms with Crippen LogP contribution in [0.15, 0.2) is 47.5 Å². The second kappa shape index (κ2) is 7.66. The first-order valence-corrected chi connectivity index (χ1v) is 10.7. The highest BCUT2D eigenvalue weighted by Crippen LogP contribution is 2.28. The van der Waals surface area contributed by atoms with Crippen molar-refractivity contribution in [3.8, 4) is 11.6 Å². The Morgan fingerprint density at radius 1 is 1.26 bits per heavy atom. The van der Waals surface area contributed by atoms with Crippen LogP contribution in [-0.4, -0.2) is 31.1 Å². The lowest BCUT2D eigenvalue weighted by Crippen LogP contribution is -2.51. The zero-order valence-electron chi connectivity index (χ0n) is 15.1. The number of ether oxygens (including phenoxy) is 1. The molecule has 3 rings (SSSR count). The van der Waals surface area contributed by atoms with Crippen LogP contribution in [-0.2, 0) is 21.2 Å². The maximum Gasteiger partial charge on any atom is 0.240 e. The molecule has 0 saturated heterocycles. The minimum absolute atomic E-state index is 0.164. The number of nitrogens with two attached hydrogens (primary N) is 1. The highest BCUT2D eigenvalue weighted by Gasteiger charge is 2.36. The third-order valence-electron chi connectivity index (χ3n) is 4.69. The molecule has 1 heterocycles. The van der Waals surface area contributed by atoms with Crippen molar-refractivity contribution in [2.75, 3.05) is 6.26 Å². The summed E-state index contributed by atoms with van der Waals surface area (Å²) >= 11 is 0. The highest BCUT2D eigenvalue weighted by molar-refractivity contribution is 7.90. The van der Waals surface area contributed by atoms with E-state index in [1.54, 1.807) is 30.5 Å². The predicted molar refractivity (Wildman–Crippen MR) is 101 cm³/mol. The molecule has 27 heavy (non-hydrogen) atoms. The van der Waals surface area contributed by atoms with E-state index in [-0.39, 0.29) is 17.3 Å². The Labute approximate surface area is 158 Å².